The summed E-state index contributed by atoms with van der Waals surface area (Å²) in [6, 6.07) is 3.47. The van der Waals surface area contributed by atoms with Crippen LogP contribution in [-0.4, -0.2) is 49.3 Å². The number of halogens is 1. The highest BCUT2D eigenvalue weighted by Gasteiger charge is 2.28. The molecule has 9 nitrogen and oxygen atoms in total. The predicted molar refractivity (Wildman–Crippen MR) is 130 cm³/mol. The molecule has 5 rings (SSSR count). The van der Waals surface area contributed by atoms with Crippen molar-refractivity contribution in [1.29, 1.82) is 0 Å². The Labute approximate surface area is 204 Å². The number of hydrogen-bond donors (Lipinski definition) is 2. The van der Waals surface area contributed by atoms with Crippen molar-refractivity contribution in [1.82, 2.24) is 24.6 Å². The van der Waals surface area contributed by atoms with Crippen molar-refractivity contribution in [3.05, 3.63) is 52.8 Å². The van der Waals surface area contributed by atoms with Crippen LogP contribution in [0.25, 0.3) is 16.1 Å². The number of hydrogen-bond acceptors (Lipinski definition) is 8. The van der Waals surface area contributed by atoms with E-state index in [1.807, 2.05) is 19.2 Å². The lowest BCUT2D eigenvalue weighted by Crippen LogP contribution is -2.14. The molecule has 11 heteroatoms. The molecule has 2 N–H and O–H groups in total. The Balaban J connectivity index is 1.41. The predicted octanol–water partition coefficient (Wildman–Crippen LogP) is 4.35. The van der Waals surface area contributed by atoms with Crippen LogP contribution < -0.4 is 10.1 Å². The van der Waals surface area contributed by atoms with Gasteiger partial charge in [-0.25, -0.2) is 14.5 Å². The summed E-state index contributed by atoms with van der Waals surface area (Å²) in [7, 11) is 1.54. The Bertz CT molecular complexity index is 1340. The minimum absolute atomic E-state index is 0.223. The number of rotatable bonds is 6. The summed E-state index contributed by atoms with van der Waals surface area (Å²) in [6.07, 6.45) is 7.94. The van der Waals surface area contributed by atoms with Gasteiger partial charge in [0.05, 0.1) is 30.8 Å². The van der Waals surface area contributed by atoms with Crippen LogP contribution in [0.1, 0.15) is 46.9 Å². The lowest BCUT2D eigenvalue weighted by molar-refractivity contribution is 0.102. The summed E-state index contributed by atoms with van der Waals surface area (Å²) in [5.74, 6) is 0.835. The number of methoxy groups -OCH3 is 1. The molecule has 34 heavy (non-hydrogen) atoms. The Morgan fingerprint density at radius 3 is 2.88 bits per heavy atom. The van der Waals surface area contributed by atoms with Crippen molar-refractivity contribution in [2.45, 2.75) is 32.1 Å². The molecule has 4 aromatic rings. The standard InChI is InChI=1S/C23H23ClN6O3S/c1-12-5-15(16-7-20(24)26-9-19(16)33-2)17(8-25-12)21(32)28-22-29-30-10-18(27-23(30)34-22)14-4-3-13(6-14)11-31/h5,7-10,13-14,31H,3-4,6,11H2,1-2H3,(H,28,29,32). The summed E-state index contributed by atoms with van der Waals surface area (Å²) in [5.41, 5.74) is 3.38. The lowest BCUT2D eigenvalue weighted by atomic mass is 10.0. The summed E-state index contributed by atoms with van der Waals surface area (Å²) in [4.78, 5) is 27.0. The van der Waals surface area contributed by atoms with Crippen LogP contribution in [0.4, 0.5) is 5.13 Å². The molecule has 1 aliphatic carbocycles. The third kappa shape index (κ3) is 4.36. The zero-order valence-electron chi connectivity index (χ0n) is 18.7. The number of carbonyl (C=O) groups is 1. The van der Waals surface area contributed by atoms with E-state index in [2.05, 4.69) is 20.4 Å². The summed E-state index contributed by atoms with van der Waals surface area (Å²) in [6.45, 7) is 2.07. The van der Waals surface area contributed by atoms with Gasteiger partial charge in [0, 0.05) is 35.5 Å². The topological polar surface area (TPSA) is 115 Å². The Kier molecular flexibility index (Phi) is 6.20. The van der Waals surface area contributed by atoms with Crippen molar-refractivity contribution < 1.29 is 14.6 Å². The number of nitrogens with zero attached hydrogens (tertiary/aromatic N) is 5. The van der Waals surface area contributed by atoms with E-state index in [1.165, 1.54) is 30.8 Å². The van der Waals surface area contributed by atoms with Crippen molar-refractivity contribution in [3.63, 3.8) is 0 Å². The van der Waals surface area contributed by atoms with E-state index < -0.39 is 0 Å². The molecule has 2 unspecified atom stereocenters. The minimum Gasteiger partial charge on any atom is -0.494 e. The van der Waals surface area contributed by atoms with E-state index in [0.29, 0.717) is 49.5 Å². The van der Waals surface area contributed by atoms with E-state index >= 15 is 0 Å². The molecule has 0 aromatic carbocycles. The number of nitrogens with one attached hydrogen (secondary N) is 1. The number of anilines is 1. The number of pyridine rings is 2. The van der Waals surface area contributed by atoms with Gasteiger partial charge in [-0.1, -0.05) is 22.9 Å². The number of aromatic nitrogens is 5. The van der Waals surface area contributed by atoms with Crippen LogP contribution in [0.15, 0.2) is 30.7 Å². The number of aliphatic hydroxyl groups excluding tert-OH is 1. The average molecular weight is 499 g/mol. The first-order valence-electron chi connectivity index (χ1n) is 10.9. The Hall–Kier alpha value is -3.08. The molecule has 0 radical (unpaired) electrons. The van der Waals surface area contributed by atoms with Gasteiger partial charge in [0.25, 0.3) is 5.91 Å². The van der Waals surface area contributed by atoms with Crippen molar-refractivity contribution in [2.75, 3.05) is 19.0 Å². The van der Waals surface area contributed by atoms with E-state index in [-0.39, 0.29) is 12.5 Å². The average Bonchev–Trinajstić information content (AvgIpc) is 3.53. The molecule has 4 heterocycles. The first-order valence-corrected chi connectivity index (χ1v) is 12.1. The molecule has 0 saturated heterocycles. The van der Waals surface area contributed by atoms with Gasteiger partial charge in [0.15, 0.2) is 0 Å². The smallest absolute Gasteiger partial charge is 0.259 e. The van der Waals surface area contributed by atoms with Gasteiger partial charge >= 0.3 is 0 Å². The number of aryl methyl sites for hydroxylation is 1. The lowest BCUT2D eigenvalue weighted by Gasteiger charge is -2.13. The fraction of sp³-hybridized carbons (Fsp3) is 0.348. The highest BCUT2D eigenvalue weighted by atomic mass is 35.5. The molecule has 2 atom stereocenters. The molecule has 4 aromatic heterocycles. The molecule has 0 spiro atoms. The number of carbonyl (C=O) groups excluding carboxylic acids is 1. The first-order chi connectivity index (χ1) is 16.4. The van der Waals surface area contributed by atoms with Gasteiger partial charge in [-0.05, 0) is 44.2 Å². The summed E-state index contributed by atoms with van der Waals surface area (Å²) in [5, 5.41) is 17.5. The second-order valence-corrected chi connectivity index (χ2v) is 9.73. The Morgan fingerprint density at radius 1 is 1.29 bits per heavy atom. The quantitative estimate of drug-likeness (QED) is 0.380. The fourth-order valence-electron chi connectivity index (χ4n) is 4.39. The van der Waals surface area contributed by atoms with Crippen LogP contribution in [0, 0.1) is 12.8 Å². The maximum absolute atomic E-state index is 13.2. The van der Waals surface area contributed by atoms with Crippen LogP contribution in [0.2, 0.25) is 5.15 Å². The van der Waals surface area contributed by atoms with Crippen LogP contribution in [0.5, 0.6) is 5.75 Å². The molecular weight excluding hydrogens is 476 g/mol. The number of aliphatic hydroxyl groups is 1. The highest BCUT2D eigenvalue weighted by Crippen LogP contribution is 2.38. The largest absolute Gasteiger partial charge is 0.494 e. The number of fused-ring (bicyclic) bond motifs is 1. The van der Waals surface area contributed by atoms with Gasteiger partial charge in [0.2, 0.25) is 10.1 Å². The molecule has 1 amide bonds. The van der Waals surface area contributed by atoms with Gasteiger partial charge < -0.3 is 9.84 Å². The van der Waals surface area contributed by atoms with Gasteiger partial charge in [-0.2, -0.15) is 0 Å². The van der Waals surface area contributed by atoms with Crippen LogP contribution >= 0.6 is 22.9 Å². The van der Waals surface area contributed by atoms with E-state index in [9.17, 15) is 9.90 Å². The molecule has 0 aliphatic heterocycles. The van der Waals surface area contributed by atoms with E-state index in [4.69, 9.17) is 21.3 Å². The summed E-state index contributed by atoms with van der Waals surface area (Å²) < 4.78 is 7.13. The maximum atomic E-state index is 13.2. The molecular formula is C23H23ClN6O3S. The fourth-order valence-corrected chi connectivity index (χ4v) is 5.33. The van der Waals surface area contributed by atoms with Crippen LogP contribution in [-0.2, 0) is 0 Å². The summed E-state index contributed by atoms with van der Waals surface area (Å²) >= 11 is 7.43. The monoisotopic (exact) mass is 498 g/mol. The third-order valence-corrected chi connectivity index (χ3v) is 7.17. The van der Waals surface area contributed by atoms with E-state index in [1.54, 1.807) is 10.6 Å². The number of ether oxygens (including phenoxy) is 1. The van der Waals surface area contributed by atoms with Gasteiger partial charge in [0.1, 0.15) is 10.9 Å². The van der Waals surface area contributed by atoms with E-state index in [0.717, 1.165) is 30.7 Å². The SMILES string of the molecule is COc1cnc(Cl)cc1-c1cc(C)ncc1C(=O)Nc1nn2cc(C3CCC(CO)C3)nc2s1. The Morgan fingerprint density at radius 2 is 2.15 bits per heavy atom. The van der Waals surface area contributed by atoms with Gasteiger partial charge in [-0.3, -0.25) is 15.1 Å². The van der Waals surface area contributed by atoms with Crippen molar-refractivity contribution in [3.8, 4) is 16.9 Å². The normalized spacial score (nSPS) is 17.9. The van der Waals surface area contributed by atoms with Crippen molar-refractivity contribution >= 4 is 38.9 Å². The van der Waals surface area contributed by atoms with Crippen molar-refractivity contribution in [2.24, 2.45) is 5.92 Å². The number of amides is 1. The second kappa shape index (κ2) is 9.28. The molecule has 1 fully saturated rings. The maximum Gasteiger partial charge on any atom is 0.259 e. The zero-order valence-corrected chi connectivity index (χ0v) is 20.2. The second-order valence-electron chi connectivity index (χ2n) is 8.39. The minimum atomic E-state index is -0.351. The molecule has 0 bridgehead atoms. The zero-order chi connectivity index (χ0) is 23.8. The highest BCUT2D eigenvalue weighted by molar-refractivity contribution is 7.20. The third-order valence-electron chi connectivity index (χ3n) is 6.13. The molecule has 1 saturated carbocycles. The first kappa shape index (κ1) is 22.7. The number of imidazole rings is 1. The van der Waals surface area contributed by atoms with Crippen LogP contribution in [0.3, 0.4) is 0 Å². The molecule has 1 aliphatic rings. The van der Waals surface area contributed by atoms with Gasteiger partial charge in [-0.15, -0.1) is 5.10 Å². The molecule has 176 valence electrons.